The Morgan fingerprint density at radius 2 is 1.82 bits per heavy atom. The number of carbonyl (C=O) groups excluding carboxylic acids is 1. The van der Waals surface area contributed by atoms with Crippen molar-refractivity contribution in [1.82, 2.24) is 9.78 Å². The van der Waals surface area contributed by atoms with Gasteiger partial charge < -0.3 is 10.1 Å². The molecule has 9 heteroatoms. The second kappa shape index (κ2) is 9.91. The van der Waals surface area contributed by atoms with E-state index in [0.717, 1.165) is 12.1 Å². The summed E-state index contributed by atoms with van der Waals surface area (Å²) in [6.07, 6.45) is 1.64. The van der Waals surface area contributed by atoms with Crippen LogP contribution in [0.2, 0.25) is 0 Å². The average Bonchev–Trinajstić information content (AvgIpc) is 3.13. The minimum absolute atomic E-state index is 0.00929. The number of carbonyl (C=O) groups is 1. The van der Waals surface area contributed by atoms with E-state index in [1.165, 1.54) is 16.8 Å². The highest BCUT2D eigenvalue weighted by atomic mass is 79.9. The molecule has 0 spiro atoms. The Kier molecular flexibility index (Phi) is 6.79. The van der Waals surface area contributed by atoms with Gasteiger partial charge in [0.2, 0.25) is 0 Å². The number of nitrogens with zero attached hydrogens (tertiary/aromatic N) is 2. The first kappa shape index (κ1) is 22.6. The van der Waals surface area contributed by atoms with Gasteiger partial charge in [-0.05, 0) is 51.8 Å². The SMILES string of the molecule is O=C(Nc1nn(Cc2ccccc2F)cc1Br)c1cccc(COc2ccc(F)cc2F)c1. The lowest BCUT2D eigenvalue weighted by atomic mass is 10.1. The fourth-order valence-electron chi connectivity index (χ4n) is 3.10. The molecule has 33 heavy (non-hydrogen) atoms. The monoisotopic (exact) mass is 515 g/mol. The zero-order valence-electron chi connectivity index (χ0n) is 17.1. The minimum atomic E-state index is -0.806. The Morgan fingerprint density at radius 1 is 1.00 bits per heavy atom. The van der Waals surface area contributed by atoms with Crippen molar-refractivity contribution in [2.45, 2.75) is 13.2 Å². The van der Waals surface area contributed by atoms with Crippen molar-refractivity contribution in [3.63, 3.8) is 0 Å². The van der Waals surface area contributed by atoms with Crippen molar-refractivity contribution in [3.8, 4) is 5.75 Å². The number of benzene rings is 3. The largest absolute Gasteiger partial charge is 0.486 e. The zero-order valence-corrected chi connectivity index (χ0v) is 18.7. The quantitative estimate of drug-likeness (QED) is 0.331. The normalized spacial score (nSPS) is 10.8. The number of halogens is 4. The Balaban J connectivity index is 1.42. The third-order valence-electron chi connectivity index (χ3n) is 4.72. The molecule has 4 aromatic rings. The number of rotatable bonds is 7. The molecule has 0 aliphatic carbocycles. The molecular formula is C24H17BrF3N3O2. The second-order valence-corrected chi connectivity index (χ2v) is 7.99. The topological polar surface area (TPSA) is 56.2 Å². The van der Waals surface area contributed by atoms with Crippen molar-refractivity contribution >= 4 is 27.7 Å². The van der Waals surface area contributed by atoms with Crippen molar-refractivity contribution in [1.29, 1.82) is 0 Å². The molecule has 1 heterocycles. The summed E-state index contributed by atoms with van der Waals surface area (Å²) >= 11 is 3.35. The smallest absolute Gasteiger partial charge is 0.256 e. The maximum absolute atomic E-state index is 13.9. The van der Waals surface area contributed by atoms with Crippen molar-refractivity contribution in [3.05, 3.63) is 112 Å². The van der Waals surface area contributed by atoms with E-state index in [4.69, 9.17) is 4.74 Å². The van der Waals surface area contributed by atoms with Gasteiger partial charge in [0.1, 0.15) is 18.2 Å². The lowest BCUT2D eigenvalue weighted by Crippen LogP contribution is -2.14. The number of anilines is 1. The van der Waals surface area contributed by atoms with Gasteiger partial charge in [-0.1, -0.05) is 30.3 Å². The highest BCUT2D eigenvalue weighted by Gasteiger charge is 2.14. The molecule has 4 rings (SSSR count). The molecule has 0 atom stereocenters. The van der Waals surface area contributed by atoms with Crippen LogP contribution in [-0.4, -0.2) is 15.7 Å². The van der Waals surface area contributed by atoms with E-state index in [9.17, 15) is 18.0 Å². The molecule has 0 radical (unpaired) electrons. The molecule has 0 aliphatic rings. The summed E-state index contributed by atoms with van der Waals surface area (Å²) in [5.41, 5.74) is 1.43. The van der Waals surface area contributed by atoms with Gasteiger partial charge in [0, 0.05) is 23.4 Å². The van der Waals surface area contributed by atoms with E-state index in [-0.39, 0.29) is 30.5 Å². The predicted octanol–water partition coefficient (Wildman–Crippen LogP) is 5.94. The summed E-state index contributed by atoms with van der Waals surface area (Å²) in [5, 5.41) is 7.01. The highest BCUT2D eigenvalue weighted by molar-refractivity contribution is 9.10. The van der Waals surface area contributed by atoms with Gasteiger partial charge in [-0.3, -0.25) is 9.48 Å². The standard InChI is InChI=1S/C24H17BrF3N3O2/c25-19-13-31(12-17-5-1-2-7-20(17)27)30-23(19)29-24(32)16-6-3-4-15(10-16)14-33-22-9-8-18(26)11-21(22)28/h1-11,13H,12,14H2,(H,29,30,32). The van der Waals surface area contributed by atoms with E-state index in [2.05, 4.69) is 26.3 Å². The van der Waals surface area contributed by atoms with Crippen LogP contribution in [-0.2, 0) is 13.2 Å². The fourth-order valence-corrected chi connectivity index (χ4v) is 3.51. The van der Waals surface area contributed by atoms with Crippen LogP contribution in [0.5, 0.6) is 5.75 Å². The van der Waals surface area contributed by atoms with Gasteiger partial charge in [-0.2, -0.15) is 5.10 Å². The van der Waals surface area contributed by atoms with E-state index < -0.39 is 17.5 Å². The number of aromatic nitrogens is 2. The number of amides is 1. The van der Waals surface area contributed by atoms with Crippen LogP contribution in [0.3, 0.4) is 0 Å². The van der Waals surface area contributed by atoms with Crippen molar-refractivity contribution in [2.24, 2.45) is 0 Å². The van der Waals surface area contributed by atoms with E-state index >= 15 is 0 Å². The molecule has 168 valence electrons. The van der Waals surface area contributed by atoms with Crippen LogP contribution < -0.4 is 10.1 Å². The van der Waals surface area contributed by atoms with E-state index in [0.29, 0.717) is 21.2 Å². The molecule has 5 nitrogen and oxygen atoms in total. The van der Waals surface area contributed by atoms with Crippen LogP contribution in [0.15, 0.2) is 77.4 Å². The van der Waals surface area contributed by atoms with Gasteiger partial charge in [0.15, 0.2) is 17.4 Å². The molecular weight excluding hydrogens is 499 g/mol. The number of hydrogen-bond donors (Lipinski definition) is 1. The minimum Gasteiger partial charge on any atom is -0.486 e. The Hall–Kier alpha value is -3.59. The molecule has 1 amide bonds. The van der Waals surface area contributed by atoms with Crippen LogP contribution in [0.4, 0.5) is 19.0 Å². The third-order valence-corrected chi connectivity index (χ3v) is 5.30. The van der Waals surface area contributed by atoms with E-state index in [1.807, 2.05) is 0 Å². The molecule has 0 unspecified atom stereocenters. The first-order valence-corrected chi connectivity index (χ1v) is 10.6. The summed E-state index contributed by atoms with van der Waals surface area (Å²) in [6.45, 7) is 0.193. The summed E-state index contributed by atoms with van der Waals surface area (Å²) in [5.74, 6) is -2.06. The van der Waals surface area contributed by atoms with Gasteiger partial charge in [-0.25, -0.2) is 13.2 Å². The average molecular weight is 516 g/mol. The second-order valence-electron chi connectivity index (χ2n) is 7.13. The first-order chi connectivity index (χ1) is 15.9. The summed E-state index contributed by atoms with van der Waals surface area (Å²) in [7, 11) is 0. The molecule has 0 saturated heterocycles. The Bertz CT molecular complexity index is 1310. The molecule has 0 aliphatic heterocycles. The number of hydrogen-bond acceptors (Lipinski definition) is 3. The molecule has 1 aromatic heterocycles. The predicted molar refractivity (Wildman–Crippen MR) is 121 cm³/mol. The van der Waals surface area contributed by atoms with Crippen LogP contribution in [0.25, 0.3) is 0 Å². The molecule has 0 saturated carbocycles. The number of nitrogens with one attached hydrogen (secondary N) is 1. The molecule has 3 aromatic carbocycles. The van der Waals surface area contributed by atoms with Gasteiger partial charge in [0.05, 0.1) is 11.0 Å². The van der Waals surface area contributed by atoms with E-state index in [1.54, 1.807) is 48.7 Å². The first-order valence-electron chi connectivity index (χ1n) is 9.83. The summed E-state index contributed by atoms with van der Waals surface area (Å²) < 4.78 is 48.1. The third kappa shape index (κ3) is 5.61. The molecule has 0 bridgehead atoms. The Labute approximate surface area is 195 Å². The lowest BCUT2D eigenvalue weighted by molar-refractivity contribution is 0.102. The van der Waals surface area contributed by atoms with Crippen molar-refractivity contribution in [2.75, 3.05) is 5.32 Å². The fraction of sp³-hybridized carbons (Fsp3) is 0.0833. The summed E-state index contributed by atoms with van der Waals surface area (Å²) in [6, 6.07) is 16.0. The summed E-state index contributed by atoms with van der Waals surface area (Å²) in [4.78, 5) is 12.7. The van der Waals surface area contributed by atoms with Crippen molar-refractivity contribution < 1.29 is 22.7 Å². The van der Waals surface area contributed by atoms with Gasteiger partial charge >= 0.3 is 0 Å². The lowest BCUT2D eigenvalue weighted by Gasteiger charge is -2.09. The highest BCUT2D eigenvalue weighted by Crippen LogP contribution is 2.23. The maximum atomic E-state index is 13.9. The molecule has 1 N–H and O–H groups in total. The maximum Gasteiger partial charge on any atom is 0.256 e. The van der Waals surface area contributed by atoms with Gasteiger partial charge in [0.25, 0.3) is 5.91 Å². The van der Waals surface area contributed by atoms with Crippen LogP contribution in [0.1, 0.15) is 21.5 Å². The zero-order chi connectivity index (χ0) is 23.4. The van der Waals surface area contributed by atoms with Gasteiger partial charge in [-0.15, -0.1) is 0 Å². The van der Waals surface area contributed by atoms with Crippen LogP contribution in [0, 0.1) is 17.5 Å². The number of ether oxygens (including phenoxy) is 1. The Morgan fingerprint density at radius 3 is 2.61 bits per heavy atom. The molecule has 0 fully saturated rings. The van der Waals surface area contributed by atoms with Crippen LogP contribution >= 0.6 is 15.9 Å².